The van der Waals surface area contributed by atoms with Crippen LogP contribution in [0.4, 0.5) is 11.5 Å². The minimum atomic E-state index is -0.361. The molecule has 0 aliphatic carbocycles. The van der Waals surface area contributed by atoms with Gasteiger partial charge < -0.3 is 10.1 Å². The van der Waals surface area contributed by atoms with E-state index >= 15 is 0 Å². The lowest BCUT2D eigenvalue weighted by Gasteiger charge is -2.09. The summed E-state index contributed by atoms with van der Waals surface area (Å²) in [6.07, 6.45) is 1.50. The summed E-state index contributed by atoms with van der Waals surface area (Å²) >= 11 is 0. The highest BCUT2D eigenvalue weighted by molar-refractivity contribution is 5.89. The van der Waals surface area contributed by atoms with Gasteiger partial charge in [0.25, 0.3) is 0 Å². The van der Waals surface area contributed by atoms with Gasteiger partial charge in [-0.15, -0.1) is 0 Å². The zero-order chi connectivity index (χ0) is 14.5. The Kier molecular flexibility index (Phi) is 4.30. The van der Waals surface area contributed by atoms with Crippen LogP contribution in [0, 0.1) is 13.8 Å². The first-order chi connectivity index (χ1) is 9.60. The van der Waals surface area contributed by atoms with Crippen molar-refractivity contribution < 1.29 is 9.53 Å². The lowest BCUT2D eigenvalue weighted by atomic mass is 10.2. The highest BCUT2D eigenvalue weighted by Gasteiger charge is 2.07. The van der Waals surface area contributed by atoms with Gasteiger partial charge in [0, 0.05) is 11.9 Å². The molecule has 5 heteroatoms. The molecule has 5 nitrogen and oxygen atoms in total. The molecule has 0 bridgehead atoms. The van der Waals surface area contributed by atoms with Crippen LogP contribution in [0.5, 0.6) is 0 Å². The molecule has 0 aliphatic rings. The summed E-state index contributed by atoms with van der Waals surface area (Å²) in [4.78, 5) is 20.1. The summed E-state index contributed by atoms with van der Waals surface area (Å²) in [5.74, 6) is 0.298. The molecule has 2 rings (SSSR count). The van der Waals surface area contributed by atoms with Gasteiger partial charge in [0.2, 0.25) is 0 Å². The van der Waals surface area contributed by atoms with Gasteiger partial charge in [-0.25, -0.2) is 9.78 Å². The zero-order valence-corrected chi connectivity index (χ0v) is 11.8. The normalized spacial score (nSPS) is 10.2. The molecule has 0 aliphatic heterocycles. The Morgan fingerprint density at radius 3 is 2.65 bits per heavy atom. The Bertz CT molecular complexity index is 609. The number of anilines is 2. The Hall–Kier alpha value is -2.43. The van der Waals surface area contributed by atoms with Crippen LogP contribution < -0.4 is 5.32 Å². The Balaban J connectivity index is 2.12. The van der Waals surface area contributed by atoms with Crippen LogP contribution in [0.2, 0.25) is 0 Å². The van der Waals surface area contributed by atoms with Gasteiger partial charge in [-0.05, 0) is 45.0 Å². The van der Waals surface area contributed by atoms with Gasteiger partial charge in [0.05, 0.1) is 23.6 Å². The summed E-state index contributed by atoms with van der Waals surface area (Å²) in [5, 5.41) is 3.17. The molecule has 0 radical (unpaired) electrons. The van der Waals surface area contributed by atoms with Crippen LogP contribution in [-0.2, 0) is 4.74 Å². The summed E-state index contributed by atoms with van der Waals surface area (Å²) in [6, 6.07) is 7.32. The topological polar surface area (TPSA) is 64.1 Å². The number of pyridine rings is 2. The molecule has 0 amide bonds. The molecule has 2 aromatic heterocycles. The average Bonchev–Trinajstić information content (AvgIpc) is 2.43. The van der Waals surface area contributed by atoms with Crippen LogP contribution in [0.15, 0.2) is 30.5 Å². The van der Waals surface area contributed by atoms with Gasteiger partial charge >= 0.3 is 5.97 Å². The molecule has 0 fully saturated rings. The van der Waals surface area contributed by atoms with Gasteiger partial charge in [-0.2, -0.15) is 0 Å². The van der Waals surface area contributed by atoms with Crippen LogP contribution in [0.3, 0.4) is 0 Å². The lowest BCUT2D eigenvalue weighted by Crippen LogP contribution is -2.05. The van der Waals surface area contributed by atoms with E-state index in [1.54, 1.807) is 19.1 Å². The molecule has 104 valence electrons. The minimum absolute atomic E-state index is 0.354. The third-order valence-corrected chi connectivity index (χ3v) is 2.76. The fourth-order valence-corrected chi connectivity index (χ4v) is 1.76. The molecule has 0 unspecified atom stereocenters. The number of aromatic nitrogens is 2. The molecular weight excluding hydrogens is 254 g/mol. The number of carbonyl (C=O) groups is 1. The Morgan fingerprint density at radius 2 is 2.05 bits per heavy atom. The predicted octanol–water partition coefficient (Wildman–Crippen LogP) is 3.01. The number of hydrogen-bond donors (Lipinski definition) is 1. The van der Waals surface area contributed by atoms with Gasteiger partial charge in [0.1, 0.15) is 5.82 Å². The second-order valence-electron chi connectivity index (χ2n) is 4.36. The molecular formula is C15H17N3O2. The zero-order valence-electron chi connectivity index (χ0n) is 11.8. The lowest BCUT2D eigenvalue weighted by molar-refractivity contribution is 0.0526. The highest BCUT2D eigenvalue weighted by Crippen LogP contribution is 2.18. The summed E-state index contributed by atoms with van der Waals surface area (Å²) in [7, 11) is 0. The van der Waals surface area contributed by atoms with Crippen molar-refractivity contribution in [1.29, 1.82) is 0 Å². The predicted molar refractivity (Wildman–Crippen MR) is 77.2 cm³/mol. The molecule has 0 atom stereocenters. The Labute approximate surface area is 118 Å². The molecule has 0 aromatic carbocycles. The van der Waals surface area contributed by atoms with Gasteiger partial charge in [0.15, 0.2) is 0 Å². The van der Waals surface area contributed by atoms with Crippen LogP contribution >= 0.6 is 0 Å². The monoisotopic (exact) mass is 271 g/mol. The number of carbonyl (C=O) groups excluding carboxylic acids is 1. The maximum absolute atomic E-state index is 11.5. The third kappa shape index (κ3) is 3.32. The maximum atomic E-state index is 11.5. The Morgan fingerprint density at radius 1 is 1.25 bits per heavy atom. The van der Waals surface area contributed by atoms with E-state index in [1.807, 2.05) is 26.0 Å². The number of esters is 1. The van der Waals surface area contributed by atoms with E-state index in [0.29, 0.717) is 18.0 Å². The van der Waals surface area contributed by atoms with Crippen molar-refractivity contribution in [3.63, 3.8) is 0 Å². The number of aryl methyl sites for hydroxylation is 2. The van der Waals surface area contributed by atoms with E-state index in [2.05, 4.69) is 15.3 Å². The highest BCUT2D eigenvalue weighted by atomic mass is 16.5. The largest absolute Gasteiger partial charge is 0.462 e. The fourth-order valence-electron chi connectivity index (χ4n) is 1.76. The van der Waals surface area contributed by atoms with Crippen molar-refractivity contribution in [3.8, 4) is 0 Å². The van der Waals surface area contributed by atoms with Crippen molar-refractivity contribution in [2.45, 2.75) is 20.8 Å². The molecule has 1 N–H and O–H groups in total. The number of ether oxygens (including phenoxy) is 1. The summed E-state index contributed by atoms with van der Waals surface area (Å²) in [6.45, 7) is 6.01. The van der Waals surface area contributed by atoms with Crippen molar-refractivity contribution in [3.05, 3.63) is 47.4 Å². The molecule has 2 heterocycles. The standard InChI is InChI=1S/C15H17N3O2/c1-4-20-15(19)12-6-8-14(16-9-12)18-13-7-5-10(2)17-11(13)3/h5-9H,4H2,1-3H3,(H,16,18). The third-order valence-electron chi connectivity index (χ3n) is 2.76. The second-order valence-corrected chi connectivity index (χ2v) is 4.36. The summed E-state index contributed by atoms with van der Waals surface area (Å²) in [5.41, 5.74) is 3.21. The SMILES string of the molecule is CCOC(=O)c1ccc(Nc2ccc(C)nc2C)nc1. The molecule has 0 spiro atoms. The quantitative estimate of drug-likeness (QED) is 0.866. The molecule has 2 aromatic rings. The van der Waals surface area contributed by atoms with Crippen molar-refractivity contribution in [1.82, 2.24) is 9.97 Å². The van der Waals surface area contributed by atoms with Gasteiger partial charge in [-0.1, -0.05) is 0 Å². The summed E-state index contributed by atoms with van der Waals surface area (Å²) < 4.78 is 4.91. The first-order valence-corrected chi connectivity index (χ1v) is 6.44. The average molecular weight is 271 g/mol. The van der Waals surface area contributed by atoms with Crippen molar-refractivity contribution in [2.75, 3.05) is 11.9 Å². The first-order valence-electron chi connectivity index (χ1n) is 6.44. The van der Waals surface area contributed by atoms with E-state index in [1.165, 1.54) is 6.20 Å². The smallest absolute Gasteiger partial charge is 0.339 e. The van der Waals surface area contributed by atoms with Crippen molar-refractivity contribution >= 4 is 17.5 Å². The fraction of sp³-hybridized carbons (Fsp3) is 0.267. The van der Waals surface area contributed by atoms with Crippen LogP contribution in [0.25, 0.3) is 0 Å². The second kappa shape index (κ2) is 6.14. The van der Waals surface area contributed by atoms with Gasteiger partial charge in [-0.3, -0.25) is 4.98 Å². The van der Waals surface area contributed by atoms with Crippen molar-refractivity contribution in [2.24, 2.45) is 0 Å². The van der Waals surface area contributed by atoms with E-state index < -0.39 is 0 Å². The number of nitrogens with one attached hydrogen (secondary N) is 1. The molecule has 0 saturated carbocycles. The first kappa shape index (κ1) is 14.0. The minimum Gasteiger partial charge on any atom is -0.462 e. The molecule has 0 saturated heterocycles. The van der Waals surface area contributed by atoms with E-state index in [0.717, 1.165) is 17.1 Å². The number of hydrogen-bond acceptors (Lipinski definition) is 5. The number of rotatable bonds is 4. The van der Waals surface area contributed by atoms with E-state index in [-0.39, 0.29) is 5.97 Å². The molecule has 20 heavy (non-hydrogen) atoms. The van der Waals surface area contributed by atoms with Crippen LogP contribution in [-0.4, -0.2) is 22.5 Å². The number of nitrogens with zero attached hydrogens (tertiary/aromatic N) is 2. The van der Waals surface area contributed by atoms with Crippen LogP contribution in [0.1, 0.15) is 28.7 Å². The van der Waals surface area contributed by atoms with E-state index in [4.69, 9.17) is 4.74 Å². The van der Waals surface area contributed by atoms with E-state index in [9.17, 15) is 4.79 Å². The maximum Gasteiger partial charge on any atom is 0.339 e.